The molecule has 0 bridgehead atoms. The third-order valence-electron chi connectivity index (χ3n) is 4.20. The lowest BCUT2D eigenvalue weighted by Crippen LogP contribution is -2.42. The third kappa shape index (κ3) is 1.83. The van der Waals surface area contributed by atoms with Gasteiger partial charge in [0.1, 0.15) is 10.8 Å². The van der Waals surface area contributed by atoms with E-state index in [1.54, 1.807) is 37.7 Å². The van der Waals surface area contributed by atoms with Gasteiger partial charge in [-0.1, -0.05) is 6.07 Å². The molecule has 0 atom stereocenters. The van der Waals surface area contributed by atoms with Gasteiger partial charge in [-0.25, -0.2) is 9.37 Å². The number of fused-ring (bicyclic) bond motifs is 3. The van der Waals surface area contributed by atoms with Crippen LogP contribution in [0, 0.1) is 5.82 Å². The summed E-state index contributed by atoms with van der Waals surface area (Å²) in [6, 6.07) is 10.6. The Morgan fingerprint density at radius 2 is 1.82 bits per heavy atom. The number of benzene rings is 2. The highest BCUT2D eigenvalue weighted by Gasteiger charge is 2.46. The molecule has 0 spiro atoms. The Balaban J connectivity index is 1.89. The first-order valence-corrected chi connectivity index (χ1v) is 7.77. The van der Waals surface area contributed by atoms with Crippen LogP contribution < -0.4 is 0 Å². The van der Waals surface area contributed by atoms with E-state index in [4.69, 9.17) is 14.5 Å². The third-order valence-corrected chi connectivity index (χ3v) is 5.27. The van der Waals surface area contributed by atoms with Crippen molar-refractivity contribution in [1.82, 2.24) is 4.98 Å². The number of hydrogen-bond donors (Lipinski definition) is 0. The maximum atomic E-state index is 13.1. The van der Waals surface area contributed by atoms with Gasteiger partial charge in [0.05, 0.1) is 10.2 Å². The van der Waals surface area contributed by atoms with E-state index in [1.807, 2.05) is 0 Å². The van der Waals surface area contributed by atoms with Crippen molar-refractivity contribution >= 4 is 21.6 Å². The highest BCUT2D eigenvalue weighted by molar-refractivity contribution is 7.21. The summed E-state index contributed by atoms with van der Waals surface area (Å²) in [5.74, 6) is -0.935. The highest BCUT2D eigenvalue weighted by Crippen LogP contribution is 2.47. The first-order chi connectivity index (χ1) is 10.7. The van der Waals surface area contributed by atoms with E-state index < -0.39 is 5.79 Å². The van der Waals surface area contributed by atoms with Crippen molar-refractivity contribution < 1.29 is 13.9 Å². The molecule has 1 aliphatic carbocycles. The van der Waals surface area contributed by atoms with Gasteiger partial charge in [0.2, 0.25) is 5.79 Å². The molecule has 0 aliphatic heterocycles. The van der Waals surface area contributed by atoms with Crippen LogP contribution in [0.4, 0.5) is 4.39 Å². The average molecular weight is 315 g/mol. The SMILES string of the molecule is COC1(OC)Cc2ccc3sc(-c4ccc(F)cc4)nc3c21. The molecule has 3 aromatic rings. The molecule has 112 valence electrons. The van der Waals surface area contributed by atoms with E-state index >= 15 is 0 Å². The van der Waals surface area contributed by atoms with Gasteiger partial charge in [0, 0.05) is 31.8 Å². The molecule has 22 heavy (non-hydrogen) atoms. The fourth-order valence-electron chi connectivity index (χ4n) is 2.99. The van der Waals surface area contributed by atoms with Gasteiger partial charge in [0.25, 0.3) is 0 Å². The Morgan fingerprint density at radius 3 is 2.50 bits per heavy atom. The van der Waals surface area contributed by atoms with E-state index in [0.29, 0.717) is 0 Å². The van der Waals surface area contributed by atoms with Crippen LogP contribution in [0.1, 0.15) is 11.1 Å². The van der Waals surface area contributed by atoms with Gasteiger partial charge in [-0.15, -0.1) is 11.3 Å². The summed E-state index contributed by atoms with van der Waals surface area (Å²) in [5.41, 5.74) is 4.04. The van der Waals surface area contributed by atoms with E-state index in [0.717, 1.165) is 32.8 Å². The van der Waals surface area contributed by atoms with Crippen LogP contribution in [-0.2, 0) is 21.7 Å². The molecule has 5 heteroatoms. The predicted molar refractivity (Wildman–Crippen MR) is 84.4 cm³/mol. The fourth-order valence-corrected chi connectivity index (χ4v) is 3.97. The van der Waals surface area contributed by atoms with Crippen molar-refractivity contribution in [3.8, 4) is 10.6 Å². The zero-order valence-corrected chi connectivity index (χ0v) is 13.0. The summed E-state index contributed by atoms with van der Waals surface area (Å²) in [6.45, 7) is 0. The maximum absolute atomic E-state index is 13.1. The Morgan fingerprint density at radius 1 is 1.09 bits per heavy atom. The van der Waals surface area contributed by atoms with E-state index in [9.17, 15) is 4.39 Å². The predicted octanol–water partition coefficient (Wildman–Crippen LogP) is 4.10. The molecule has 1 heterocycles. The Kier molecular flexibility index (Phi) is 3.04. The molecule has 2 aromatic carbocycles. The average Bonchev–Trinajstić information content (AvgIpc) is 2.92. The molecular formula is C17H14FNO2S. The van der Waals surface area contributed by atoms with Crippen LogP contribution in [-0.4, -0.2) is 19.2 Å². The fraction of sp³-hybridized carbons (Fsp3) is 0.235. The summed E-state index contributed by atoms with van der Waals surface area (Å²) < 4.78 is 25.3. The summed E-state index contributed by atoms with van der Waals surface area (Å²) in [4.78, 5) is 4.75. The smallest absolute Gasteiger partial charge is 0.200 e. The Hall–Kier alpha value is -1.82. The molecule has 0 unspecified atom stereocenters. The second-order valence-corrected chi connectivity index (χ2v) is 6.34. The zero-order valence-electron chi connectivity index (χ0n) is 12.2. The monoisotopic (exact) mass is 315 g/mol. The lowest BCUT2D eigenvalue weighted by Gasteiger charge is -2.41. The lowest BCUT2D eigenvalue weighted by atomic mass is 9.81. The van der Waals surface area contributed by atoms with Crippen LogP contribution >= 0.6 is 11.3 Å². The lowest BCUT2D eigenvalue weighted by molar-refractivity contribution is -0.229. The molecule has 1 aliphatic rings. The number of aromatic nitrogens is 1. The van der Waals surface area contributed by atoms with Crippen molar-refractivity contribution in [3.05, 3.63) is 53.3 Å². The molecule has 4 rings (SSSR count). The normalized spacial score (nSPS) is 15.6. The van der Waals surface area contributed by atoms with Gasteiger partial charge in [0.15, 0.2) is 0 Å². The Labute approximate surface area is 131 Å². The minimum atomic E-state index is -0.691. The van der Waals surface area contributed by atoms with E-state index in [1.165, 1.54) is 17.7 Å². The zero-order chi connectivity index (χ0) is 15.3. The van der Waals surface area contributed by atoms with Gasteiger partial charge < -0.3 is 9.47 Å². The highest BCUT2D eigenvalue weighted by atomic mass is 32.1. The summed E-state index contributed by atoms with van der Waals surface area (Å²) in [6.07, 6.45) is 0.731. The van der Waals surface area contributed by atoms with E-state index in [-0.39, 0.29) is 5.82 Å². The number of thiazole rings is 1. The maximum Gasteiger partial charge on any atom is 0.200 e. The Bertz CT molecular complexity index is 853. The molecule has 3 nitrogen and oxygen atoms in total. The molecular weight excluding hydrogens is 301 g/mol. The minimum Gasteiger partial charge on any atom is -0.349 e. The second-order valence-electron chi connectivity index (χ2n) is 5.31. The minimum absolute atomic E-state index is 0.244. The molecule has 0 radical (unpaired) electrons. The van der Waals surface area contributed by atoms with Crippen LogP contribution in [0.15, 0.2) is 36.4 Å². The van der Waals surface area contributed by atoms with Gasteiger partial charge in [-0.05, 0) is 35.9 Å². The van der Waals surface area contributed by atoms with Gasteiger partial charge >= 0.3 is 0 Å². The molecule has 0 amide bonds. The summed E-state index contributed by atoms with van der Waals surface area (Å²) >= 11 is 1.59. The van der Waals surface area contributed by atoms with Crippen LogP contribution in [0.5, 0.6) is 0 Å². The molecule has 0 N–H and O–H groups in total. The number of hydrogen-bond acceptors (Lipinski definition) is 4. The van der Waals surface area contributed by atoms with Crippen molar-refractivity contribution in [2.45, 2.75) is 12.2 Å². The van der Waals surface area contributed by atoms with Gasteiger partial charge in [-0.2, -0.15) is 0 Å². The quantitative estimate of drug-likeness (QED) is 0.682. The topological polar surface area (TPSA) is 31.4 Å². The summed E-state index contributed by atoms with van der Waals surface area (Å²) in [5, 5.41) is 0.872. The first-order valence-electron chi connectivity index (χ1n) is 6.96. The van der Waals surface area contributed by atoms with Gasteiger partial charge in [-0.3, -0.25) is 0 Å². The van der Waals surface area contributed by atoms with Crippen molar-refractivity contribution in [3.63, 3.8) is 0 Å². The van der Waals surface area contributed by atoms with Crippen molar-refractivity contribution in [1.29, 1.82) is 0 Å². The molecule has 0 saturated carbocycles. The number of nitrogens with zero attached hydrogens (tertiary/aromatic N) is 1. The first kappa shape index (κ1) is 13.8. The standard InChI is InChI=1S/C17H14FNO2S/c1-20-17(21-2)9-11-5-8-13-15(14(11)17)19-16(22-13)10-3-6-12(18)7-4-10/h3-8H,9H2,1-2H3. The summed E-state index contributed by atoms with van der Waals surface area (Å²) in [7, 11) is 3.30. The molecule has 0 saturated heterocycles. The molecule has 0 fully saturated rings. The number of rotatable bonds is 3. The van der Waals surface area contributed by atoms with Crippen LogP contribution in [0.3, 0.4) is 0 Å². The van der Waals surface area contributed by atoms with Crippen molar-refractivity contribution in [2.75, 3.05) is 14.2 Å². The van der Waals surface area contributed by atoms with E-state index in [2.05, 4.69) is 12.1 Å². The second kappa shape index (κ2) is 4.84. The number of methoxy groups -OCH3 is 2. The van der Waals surface area contributed by atoms with Crippen LogP contribution in [0.2, 0.25) is 0 Å². The van der Waals surface area contributed by atoms with Crippen LogP contribution in [0.25, 0.3) is 20.8 Å². The van der Waals surface area contributed by atoms with Crippen molar-refractivity contribution in [2.24, 2.45) is 0 Å². The largest absolute Gasteiger partial charge is 0.349 e. The number of ether oxygens (including phenoxy) is 2. The number of halogens is 1. The molecule has 1 aromatic heterocycles.